The predicted molar refractivity (Wildman–Crippen MR) is 172 cm³/mol. The molecule has 4 atom stereocenters. The quantitative estimate of drug-likeness (QED) is 0.270. The Balaban J connectivity index is 2.58. The molecule has 1 saturated heterocycles. The number of hydrogen-bond donors (Lipinski definition) is 5. The van der Waals surface area contributed by atoms with Gasteiger partial charge < -0.3 is 30.9 Å². The third-order valence-electron chi connectivity index (χ3n) is 7.68. The van der Waals surface area contributed by atoms with E-state index in [-0.39, 0.29) is 31.7 Å². The van der Waals surface area contributed by atoms with E-state index >= 15 is 0 Å². The van der Waals surface area contributed by atoms with Crippen molar-refractivity contribution in [3.8, 4) is 0 Å². The number of carbonyl (C=O) groups is 5. The van der Waals surface area contributed by atoms with Crippen LogP contribution >= 0.6 is 27.5 Å². The summed E-state index contributed by atoms with van der Waals surface area (Å²) in [4.78, 5) is 70.0. The van der Waals surface area contributed by atoms with Crippen LogP contribution in [0.15, 0.2) is 22.7 Å². The Morgan fingerprint density at radius 2 is 1.86 bits per heavy atom. The number of hydrogen-bond acceptors (Lipinski definition) is 7. The van der Waals surface area contributed by atoms with Crippen molar-refractivity contribution in [2.75, 3.05) is 27.7 Å². The lowest BCUT2D eigenvalue weighted by atomic mass is 9.97. The SMILES string of the molecule is CN[C@@H](O)C(=O)N(C)[C@H]1CCCCNC(=O)C(C)(C)NC(=O)[C@H](Cc2cc(Cl)ccc2Br)N(C)C(=O)[C@H](CC(C)C)NC1=O. The maximum absolute atomic E-state index is 14.1. The summed E-state index contributed by atoms with van der Waals surface area (Å²) in [5.41, 5.74) is -0.631. The standard InChI is InChI=1S/C30H46BrClN6O6/c1-17(2)14-21-27(42)38(7)23(16-18-15-19(32)11-12-20(18)31)25(40)36-30(3,4)29(44)34-13-9-8-10-22(24(39)35-21)37(6)28(43)26(41)33-5/h11-12,15,17,21-23,26,33,41H,8-10,13-14,16H2,1-7H3,(H,34,44)(H,35,39)(H,36,40)/t21-,22-,23-,26-/m0/s1. The Morgan fingerprint density at radius 3 is 2.48 bits per heavy atom. The fourth-order valence-corrected chi connectivity index (χ4v) is 5.58. The third kappa shape index (κ3) is 10.1. The van der Waals surface area contributed by atoms with E-state index in [2.05, 4.69) is 37.2 Å². The molecule has 0 aliphatic carbocycles. The molecular formula is C30H46BrClN6O6. The van der Waals surface area contributed by atoms with E-state index in [1.54, 1.807) is 32.0 Å². The number of halogens is 2. The summed E-state index contributed by atoms with van der Waals surface area (Å²) in [5, 5.41) is 21.5. The van der Waals surface area contributed by atoms with Gasteiger partial charge >= 0.3 is 0 Å². The van der Waals surface area contributed by atoms with Crippen LogP contribution in [0.4, 0.5) is 0 Å². The Bertz CT molecular complexity index is 1210. The van der Waals surface area contributed by atoms with E-state index in [9.17, 15) is 29.1 Å². The van der Waals surface area contributed by atoms with Crippen LogP contribution in [0.2, 0.25) is 5.02 Å². The zero-order valence-electron chi connectivity index (χ0n) is 26.5. The highest BCUT2D eigenvalue weighted by atomic mass is 79.9. The largest absolute Gasteiger partial charge is 0.370 e. The van der Waals surface area contributed by atoms with Crippen molar-refractivity contribution in [3.05, 3.63) is 33.3 Å². The first-order valence-corrected chi connectivity index (χ1v) is 15.9. The maximum atomic E-state index is 14.1. The van der Waals surface area contributed by atoms with Gasteiger partial charge in [0.1, 0.15) is 23.7 Å². The zero-order valence-corrected chi connectivity index (χ0v) is 28.8. The number of benzene rings is 1. The summed E-state index contributed by atoms with van der Waals surface area (Å²) in [6, 6.07) is 2.04. The van der Waals surface area contributed by atoms with E-state index in [4.69, 9.17) is 11.6 Å². The van der Waals surface area contributed by atoms with Gasteiger partial charge in [0.25, 0.3) is 5.91 Å². The number of rotatable bonds is 7. The van der Waals surface area contributed by atoms with Crippen molar-refractivity contribution < 1.29 is 29.1 Å². The Hall–Kier alpha value is -2.74. The van der Waals surface area contributed by atoms with Crippen molar-refractivity contribution in [1.82, 2.24) is 31.1 Å². The van der Waals surface area contributed by atoms with E-state index in [0.29, 0.717) is 27.9 Å². The summed E-state index contributed by atoms with van der Waals surface area (Å²) in [6.45, 7) is 7.26. The normalized spacial score (nSPS) is 23.1. The Morgan fingerprint density at radius 1 is 1.20 bits per heavy atom. The summed E-state index contributed by atoms with van der Waals surface area (Å²) >= 11 is 9.74. The van der Waals surface area contributed by atoms with Gasteiger partial charge in [-0.1, -0.05) is 41.4 Å². The number of amides is 5. The molecule has 44 heavy (non-hydrogen) atoms. The highest BCUT2D eigenvalue weighted by Gasteiger charge is 2.39. The van der Waals surface area contributed by atoms with E-state index in [0.717, 1.165) is 4.90 Å². The van der Waals surface area contributed by atoms with Crippen molar-refractivity contribution in [1.29, 1.82) is 0 Å². The average Bonchev–Trinajstić information content (AvgIpc) is 2.95. The molecule has 14 heteroatoms. The van der Waals surface area contributed by atoms with Gasteiger partial charge in [-0.25, -0.2) is 0 Å². The predicted octanol–water partition coefficient (Wildman–Crippen LogP) is 1.56. The van der Waals surface area contributed by atoms with E-state index < -0.39 is 59.4 Å². The highest BCUT2D eigenvalue weighted by Crippen LogP contribution is 2.24. The van der Waals surface area contributed by atoms with Gasteiger partial charge in [-0.3, -0.25) is 29.3 Å². The van der Waals surface area contributed by atoms with Crippen molar-refractivity contribution in [2.24, 2.45) is 5.92 Å². The van der Waals surface area contributed by atoms with Crippen LogP contribution in [0, 0.1) is 5.92 Å². The first-order valence-electron chi connectivity index (χ1n) is 14.7. The molecule has 0 unspecified atom stereocenters. The van der Waals surface area contributed by atoms with Crippen LogP contribution in [0.3, 0.4) is 0 Å². The summed E-state index contributed by atoms with van der Waals surface area (Å²) in [7, 11) is 4.32. The van der Waals surface area contributed by atoms with Gasteiger partial charge in [0.15, 0.2) is 6.23 Å². The molecule has 0 radical (unpaired) electrons. The van der Waals surface area contributed by atoms with E-state index in [1.807, 2.05) is 13.8 Å². The van der Waals surface area contributed by atoms with Crippen LogP contribution in [-0.4, -0.2) is 102 Å². The Kier molecular flexibility index (Phi) is 14.1. The molecule has 5 N–H and O–H groups in total. The molecule has 2 rings (SSSR count). The van der Waals surface area contributed by atoms with Crippen LogP contribution in [-0.2, 0) is 30.4 Å². The molecule has 5 amide bonds. The molecule has 1 fully saturated rings. The van der Waals surface area contributed by atoms with Crippen molar-refractivity contribution in [3.63, 3.8) is 0 Å². The van der Waals surface area contributed by atoms with Crippen molar-refractivity contribution in [2.45, 2.75) is 89.7 Å². The molecule has 1 aromatic carbocycles. The highest BCUT2D eigenvalue weighted by molar-refractivity contribution is 9.10. The van der Waals surface area contributed by atoms with Gasteiger partial charge in [0.05, 0.1) is 0 Å². The van der Waals surface area contributed by atoms with Crippen LogP contribution in [0.25, 0.3) is 0 Å². The van der Waals surface area contributed by atoms with Crippen LogP contribution in [0.5, 0.6) is 0 Å². The van der Waals surface area contributed by atoms with Gasteiger partial charge in [-0.15, -0.1) is 0 Å². The second-order valence-corrected chi connectivity index (χ2v) is 13.4. The molecular weight excluding hydrogens is 656 g/mol. The lowest BCUT2D eigenvalue weighted by Crippen LogP contribution is -2.62. The van der Waals surface area contributed by atoms with Crippen molar-refractivity contribution >= 4 is 57.1 Å². The summed E-state index contributed by atoms with van der Waals surface area (Å²) < 4.78 is 0.686. The lowest BCUT2D eigenvalue weighted by Gasteiger charge is -2.35. The Labute approximate surface area is 273 Å². The van der Waals surface area contributed by atoms with Gasteiger partial charge in [0, 0.05) is 36.6 Å². The van der Waals surface area contributed by atoms with Gasteiger partial charge in [0.2, 0.25) is 23.6 Å². The minimum atomic E-state index is -1.51. The molecule has 1 aromatic rings. The first kappa shape index (κ1) is 37.4. The number of likely N-dealkylation sites (N-methyl/N-ethyl adjacent to an activating group) is 3. The third-order valence-corrected chi connectivity index (χ3v) is 8.69. The number of aliphatic hydroxyl groups excluding tert-OH is 1. The van der Waals surface area contributed by atoms with Crippen LogP contribution < -0.4 is 21.3 Å². The molecule has 246 valence electrons. The molecule has 0 bridgehead atoms. The summed E-state index contributed by atoms with van der Waals surface area (Å²) in [6.07, 6.45) is -0.0155. The van der Waals surface area contributed by atoms with Crippen LogP contribution in [0.1, 0.15) is 58.9 Å². The fraction of sp³-hybridized carbons (Fsp3) is 0.633. The molecule has 1 aliphatic heterocycles. The summed E-state index contributed by atoms with van der Waals surface area (Å²) in [5.74, 6) is -2.76. The van der Waals surface area contributed by atoms with E-state index in [1.165, 1.54) is 26.0 Å². The fourth-order valence-electron chi connectivity index (χ4n) is 4.98. The number of carbonyl (C=O) groups excluding carboxylic acids is 5. The number of aliphatic hydroxyl groups is 1. The molecule has 0 saturated carbocycles. The lowest BCUT2D eigenvalue weighted by molar-refractivity contribution is -0.148. The van der Waals surface area contributed by atoms with Gasteiger partial charge in [-0.05, 0) is 76.3 Å². The molecule has 12 nitrogen and oxygen atoms in total. The number of nitrogens with zero attached hydrogens (tertiary/aromatic N) is 2. The second-order valence-electron chi connectivity index (χ2n) is 12.1. The average molecular weight is 702 g/mol. The minimum Gasteiger partial charge on any atom is -0.370 e. The number of nitrogens with one attached hydrogen (secondary N) is 4. The molecule has 1 heterocycles. The topological polar surface area (TPSA) is 160 Å². The molecule has 0 spiro atoms. The monoisotopic (exact) mass is 700 g/mol. The minimum absolute atomic E-state index is 0.0100. The van der Waals surface area contributed by atoms with Gasteiger partial charge in [-0.2, -0.15) is 0 Å². The zero-order chi connectivity index (χ0) is 33.4. The molecule has 0 aromatic heterocycles. The first-order chi connectivity index (χ1) is 20.5. The maximum Gasteiger partial charge on any atom is 0.267 e. The second kappa shape index (κ2) is 16.5. The molecule has 1 aliphatic rings. The smallest absolute Gasteiger partial charge is 0.267 e.